The second-order valence-electron chi connectivity index (χ2n) is 6.51. The summed E-state index contributed by atoms with van der Waals surface area (Å²) in [5.41, 5.74) is 0.949. The lowest BCUT2D eigenvalue weighted by molar-refractivity contribution is 0.0922. The quantitative estimate of drug-likeness (QED) is 0.865. The van der Waals surface area contributed by atoms with E-state index in [-0.39, 0.29) is 35.9 Å². The van der Waals surface area contributed by atoms with E-state index in [0.717, 1.165) is 25.7 Å². The number of hydrogen-bond acceptors (Lipinski definition) is 3. The predicted molar refractivity (Wildman–Crippen MR) is 96.1 cm³/mol. The van der Waals surface area contributed by atoms with Gasteiger partial charge in [-0.15, -0.1) is 0 Å². The summed E-state index contributed by atoms with van der Waals surface area (Å²) >= 11 is 0. The summed E-state index contributed by atoms with van der Waals surface area (Å²) in [6.07, 6.45) is 6.85. The summed E-state index contributed by atoms with van der Waals surface area (Å²) in [6.45, 7) is 0.0808. The standard InChI is InChI=1S/C20H22FN3O2/c21-17-9-5-4-6-15(17)13-23-19(25)14-10-11-22-18(12-14)20(26)24-16-7-2-1-3-8-16/h4-6,9-12,16H,1-3,7-8,13H2,(H,23,25)(H,24,26). The highest BCUT2D eigenvalue weighted by atomic mass is 19.1. The Kier molecular flexibility index (Phi) is 5.94. The molecule has 0 bridgehead atoms. The van der Waals surface area contributed by atoms with Crippen LogP contribution in [0.1, 0.15) is 58.5 Å². The number of benzene rings is 1. The minimum atomic E-state index is -0.373. The molecule has 0 unspecified atom stereocenters. The molecule has 136 valence electrons. The molecule has 1 aromatic heterocycles. The van der Waals surface area contributed by atoms with Crippen molar-refractivity contribution in [2.75, 3.05) is 0 Å². The number of pyridine rings is 1. The average Bonchev–Trinajstić information content (AvgIpc) is 2.68. The van der Waals surface area contributed by atoms with Crippen molar-refractivity contribution in [3.63, 3.8) is 0 Å². The molecule has 0 saturated heterocycles. The van der Waals surface area contributed by atoms with Gasteiger partial charge in [0.15, 0.2) is 0 Å². The third-order valence-corrected chi connectivity index (χ3v) is 4.59. The van der Waals surface area contributed by atoms with Crippen LogP contribution in [0.4, 0.5) is 4.39 Å². The molecule has 2 N–H and O–H groups in total. The van der Waals surface area contributed by atoms with E-state index >= 15 is 0 Å². The Labute approximate surface area is 152 Å². The molecule has 1 aromatic carbocycles. The van der Waals surface area contributed by atoms with Crippen molar-refractivity contribution in [1.82, 2.24) is 15.6 Å². The van der Waals surface area contributed by atoms with Crippen LogP contribution in [0.25, 0.3) is 0 Å². The molecule has 0 spiro atoms. The van der Waals surface area contributed by atoms with Crippen molar-refractivity contribution in [3.8, 4) is 0 Å². The molecule has 0 aliphatic heterocycles. The minimum Gasteiger partial charge on any atom is -0.348 e. The Bertz CT molecular complexity index is 788. The topological polar surface area (TPSA) is 71.1 Å². The number of carbonyl (C=O) groups excluding carboxylic acids is 2. The van der Waals surface area contributed by atoms with Gasteiger partial charge in [-0.3, -0.25) is 14.6 Å². The highest BCUT2D eigenvalue weighted by Crippen LogP contribution is 2.17. The van der Waals surface area contributed by atoms with E-state index in [1.165, 1.54) is 30.8 Å². The molecule has 0 radical (unpaired) electrons. The third-order valence-electron chi connectivity index (χ3n) is 4.59. The average molecular weight is 355 g/mol. The Morgan fingerprint density at radius 1 is 1.08 bits per heavy atom. The van der Waals surface area contributed by atoms with Crippen LogP contribution < -0.4 is 10.6 Å². The lowest BCUT2D eigenvalue weighted by Gasteiger charge is -2.22. The minimum absolute atomic E-state index is 0.0808. The molecular weight excluding hydrogens is 333 g/mol. The SMILES string of the molecule is O=C(NCc1ccccc1F)c1ccnc(C(=O)NC2CCCCC2)c1. The number of nitrogens with zero attached hydrogens (tertiary/aromatic N) is 1. The van der Waals surface area contributed by atoms with Gasteiger partial charge in [-0.1, -0.05) is 37.5 Å². The molecule has 6 heteroatoms. The van der Waals surface area contributed by atoms with Gasteiger partial charge >= 0.3 is 0 Å². The molecule has 2 aromatic rings. The van der Waals surface area contributed by atoms with Gasteiger partial charge in [0, 0.05) is 29.9 Å². The Morgan fingerprint density at radius 2 is 1.85 bits per heavy atom. The first-order valence-corrected chi connectivity index (χ1v) is 8.92. The van der Waals surface area contributed by atoms with Gasteiger partial charge in [0.2, 0.25) is 0 Å². The summed E-state index contributed by atoms with van der Waals surface area (Å²) in [4.78, 5) is 28.7. The van der Waals surface area contributed by atoms with Crippen LogP contribution in [-0.4, -0.2) is 22.8 Å². The predicted octanol–water partition coefficient (Wildman–Crippen LogP) is 3.21. The first kappa shape index (κ1) is 18.0. The lowest BCUT2D eigenvalue weighted by Crippen LogP contribution is -2.36. The van der Waals surface area contributed by atoms with Crippen LogP contribution in [-0.2, 0) is 6.54 Å². The number of rotatable bonds is 5. The number of carbonyl (C=O) groups is 2. The molecule has 1 heterocycles. The van der Waals surface area contributed by atoms with Gasteiger partial charge < -0.3 is 10.6 Å². The first-order chi connectivity index (χ1) is 12.6. The van der Waals surface area contributed by atoms with Crippen LogP contribution in [0.5, 0.6) is 0 Å². The van der Waals surface area contributed by atoms with Crippen LogP contribution in [0, 0.1) is 5.82 Å². The molecule has 1 fully saturated rings. The lowest BCUT2D eigenvalue weighted by atomic mass is 9.95. The largest absolute Gasteiger partial charge is 0.348 e. The molecular formula is C20H22FN3O2. The van der Waals surface area contributed by atoms with E-state index in [4.69, 9.17) is 0 Å². The zero-order valence-electron chi connectivity index (χ0n) is 14.5. The maximum atomic E-state index is 13.6. The monoisotopic (exact) mass is 355 g/mol. The van der Waals surface area contributed by atoms with Gasteiger partial charge in [-0.2, -0.15) is 0 Å². The van der Waals surface area contributed by atoms with Crippen molar-refractivity contribution in [3.05, 3.63) is 65.2 Å². The van der Waals surface area contributed by atoms with E-state index in [0.29, 0.717) is 11.1 Å². The van der Waals surface area contributed by atoms with Crippen molar-refractivity contribution >= 4 is 11.8 Å². The molecule has 1 aliphatic rings. The fourth-order valence-electron chi connectivity index (χ4n) is 3.12. The number of hydrogen-bond donors (Lipinski definition) is 2. The normalized spacial score (nSPS) is 14.7. The maximum absolute atomic E-state index is 13.6. The molecule has 3 rings (SSSR count). The van der Waals surface area contributed by atoms with Crippen molar-refractivity contribution in [2.45, 2.75) is 44.7 Å². The summed E-state index contributed by atoms with van der Waals surface area (Å²) in [6, 6.07) is 9.46. The molecule has 5 nitrogen and oxygen atoms in total. The molecule has 1 aliphatic carbocycles. The Hall–Kier alpha value is -2.76. The summed E-state index contributed by atoms with van der Waals surface area (Å²) in [7, 11) is 0. The van der Waals surface area contributed by atoms with E-state index in [2.05, 4.69) is 15.6 Å². The highest BCUT2D eigenvalue weighted by molar-refractivity contribution is 5.98. The smallest absolute Gasteiger partial charge is 0.270 e. The van der Waals surface area contributed by atoms with Crippen LogP contribution in [0.2, 0.25) is 0 Å². The fourth-order valence-corrected chi connectivity index (χ4v) is 3.12. The Balaban J connectivity index is 1.61. The number of aromatic nitrogens is 1. The van der Waals surface area contributed by atoms with Gasteiger partial charge in [-0.05, 0) is 31.0 Å². The van der Waals surface area contributed by atoms with Crippen LogP contribution in [0.3, 0.4) is 0 Å². The zero-order valence-corrected chi connectivity index (χ0v) is 14.5. The van der Waals surface area contributed by atoms with Crippen molar-refractivity contribution in [1.29, 1.82) is 0 Å². The summed E-state index contributed by atoms with van der Waals surface area (Å²) in [5.74, 6) is -1.00. The summed E-state index contributed by atoms with van der Waals surface area (Å²) in [5, 5.41) is 5.65. The number of nitrogens with one attached hydrogen (secondary N) is 2. The summed E-state index contributed by atoms with van der Waals surface area (Å²) < 4.78 is 13.6. The van der Waals surface area contributed by atoms with E-state index < -0.39 is 0 Å². The van der Waals surface area contributed by atoms with Gasteiger partial charge in [0.1, 0.15) is 11.5 Å². The molecule has 26 heavy (non-hydrogen) atoms. The maximum Gasteiger partial charge on any atom is 0.270 e. The van der Waals surface area contributed by atoms with Crippen LogP contribution >= 0.6 is 0 Å². The van der Waals surface area contributed by atoms with E-state index in [1.54, 1.807) is 18.2 Å². The highest BCUT2D eigenvalue weighted by Gasteiger charge is 2.18. The fraction of sp³-hybridized carbons (Fsp3) is 0.350. The molecule has 0 atom stereocenters. The van der Waals surface area contributed by atoms with Gasteiger partial charge in [-0.25, -0.2) is 4.39 Å². The second-order valence-corrected chi connectivity index (χ2v) is 6.51. The van der Waals surface area contributed by atoms with Gasteiger partial charge in [0.25, 0.3) is 11.8 Å². The van der Waals surface area contributed by atoms with E-state index in [9.17, 15) is 14.0 Å². The molecule has 1 saturated carbocycles. The van der Waals surface area contributed by atoms with Crippen LogP contribution in [0.15, 0.2) is 42.6 Å². The zero-order chi connectivity index (χ0) is 18.4. The number of amides is 2. The first-order valence-electron chi connectivity index (χ1n) is 8.92. The Morgan fingerprint density at radius 3 is 2.62 bits per heavy atom. The van der Waals surface area contributed by atoms with Crippen molar-refractivity contribution < 1.29 is 14.0 Å². The second kappa shape index (κ2) is 8.56. The molecule has 2 amide bonds. The number of halogens is 1. The van der Waals surface area contributed by atoms with Crippen molar-refractivity contribution in [2.24, 2.45) is 0 Å². The third kappa shape index (κ3) is 4.65. The van der Waals surface area contributed by atoms with Gasteiger partial charge in [0.05, 0.1) is 0 Å². The van der Waals surface area contributed by atoms with E-state index in [1.807, 2.05) is 0 Å².